The van der Waals surface area contributed by atoms with Crippen LogP contribution >= 0.6 is 0 Å². The molecular formula is C66H127NO10. The zero-order valence-electron chi connectivity index (χ0n) is 50.2. The quantitative estimate of drug-likeness (QED) is 0.0215. The normalized spacial score (nSPS) is 19.6. The van der Waals surface area contributed by atoms with Crippen LogP contribution in [0.3, 0.4) is 0 Å². The van der Waals surface area contributed by atoms with Crippen molar-refractivity contribution < 1.29 is 50.0 Å². The average molecular weight is 1090 g/mol. The second-order valence-electron chi connectivity index (χ2n) is 23.5. The van der Waals surface area contributed by atoms with E-state index < -0.39 is 74.2 Å². The van der Waals surface area contributed by atoms with Gasteiger partial charge < -0.3 is 50.5 Å². The minimum atomic E-state index is -1.67. The fraction of sp³-hybridized carbons (Fsp3) is 0.924. The summed E-state index contributed by atoms with van der Waals surface area (Å²) in [4.78, 5) is 13.2. The molecule has 1 aliphatic rings. The number of hydrogen-bond acceptors (Lipinski definition) is 10. The van der Waals surface area contributed by atoms with Gasteiger partial charge in [-0.15, -0.1) is 0 Å². The monoisotopic (exact) mass is 1090 g/mol. The van der Waals surface area contributed by atoms with Gasteiger partial charge in [-0.2, -0.15) is 0 Å². The van der Waals surface area contributed by atoms with Gasteiger partial charge in [-0.1, -0.05) is 282 Å². The number of carbonyl (C=O) groups is 1. The van der Waals surface area contributed by atoms with Gasteiger partial charge in [0.05, 0.1) is 25.4 Å². The molecule has 1 saturated heterocycles. The Hall–Kier alpha value is -1.41. The molecule has 0 aromatic rings. The van der Waals surface area contributed by atoms with E-state index in [4.69, 9.17) is 9.47 Å². The number of nitrogens with one attached hydrogen (secondary N) is 1. The van der Waals surface area contributed by atoms with Gasteiger partial charge in [0.25, 0.3) is 0 Å². The highest BCUT2D eigenvalue weighted by molar-refractivity contribution is 5.80. The smallest absolute Gasteiger partial charge is 0.249 e. The molecule has 456 valence electrons. The van der Waals surface area contributed by atoms with Gasteiger partial charge in [0.1, 0.15) is 36.6 Å². The molecule has 0 bridgehead atoms. The van der Waals surface area contributed by atoms with Crippen LogP contribution in [0, 0.1) is 0 Å². The van der Waals surface area contributed by atoms with E-state index in [2.05, 4.69) is 43.5 Å². The Balaban J connectivity index is 2.24. The molecule has 1 rings (SSSR count). The lowest BCUT2D eigenvalue weighted by molar-refractivity contribution is -0.303. The Bertz CT molecular complexity index is 1300. The Morgan fingerprint density at radius 1 is 0.442 bits per heavy atom. The van der Waals surface area contributed by atoms with Gasteiger partial charge in [0.15, 0.2) is 6.29 Å². The third-order valence-electron chi connectivity index (χ3n) is 16.2. The molecule has 0 aromatic carbocycles. The van der Waals surface area contributed by atoms with Gasteiger partial charge in [-0.3, -0.25) is 4.79 Å². The Labute approximate surface area is 474 Å². The Morgan fingerprint density at radius 3 is 1.12 bits per heavy atom. The zero-order valence-corrected chi connectivity index (χ0v) is 50.2. The molecule has 1 amide bonds. The molecule has 0 spiro atoms. The summed E-state index contributed by atoms with van der Waals surface area (Å²) in [6, 6.07) is -1.18. The van der Waals surface area contributed by atoms with Crippen LogP contribution in [0.5, 0.6) is 0 Å². The van der Waals surface area contributed by atoms with Crippen molar-refractivity contribution in [2.24, 2.45) is 0 Å². The predicted molar refractivity (Wildman–Crippen MR) is 321 cm³/mol. The van der Waals surface area contributed by atoms with Crippen molar-refractivity contribution in [2.45, 2.75) is 377 Å². The van der Waals surface area contributed by atoms with E-state index in [0.29, 0.717) is 12.8 Å². The molecule has 1 fully saturated rings. The largest absolute Gasteiger partial charge is 0.394 e. The number of carbonyl (C=O) groups excluding carboxylic acids is 1. The maximum absolute atomic E-state index is 13.2. The lowest BCUT2D eigenvalue weighted by Crippen LogP contribution is -2.60. The van der Waals surface area contributed by atoms with E-state index >= 15 is 0 Å². The number of ether oxygens (including phenoxy) is 2. The van der Waals surface area contributed by atoms with Crippen molar-refractivity contribution >= 4 is 5.91 Å². The predicted octanol–water partition coefficient (Wildman–Crippen LogP) is 15.2. The first-order chi connectivity index (χ1) is 37.7. The molecule has 8 N–H and O–H groups in total. The van der Waals surface area contributed by atoms with Crippen LogP contribution in [0.4, 0.5) is 0 Å². The van der Waals surface area contributed by atoms with Crippen molar-refractivity contribution in [3.63, 3.8) is 0 Å². The van der Waals surface area contributed by atoms with Gasteiger partial charge >= 0.3 is 0 Å². The second kappa shape index (κ2) is 55.1. The van der Waals surface area contributed by atoms with E-state index in [1.807, 2.05) is 0 Å². The first-order valence-corrected chi connectivity index (χ1v) is 33.2. The maximum atomic E-state index is 13.2. The summed E-state index contributed by atoms with van der Waals surface area (Å²) >= 11 is 0. The second-order valence-corrected chi connectivity index (χ2v) is 23.5. The summed E-state index contributed by atoms with van der Waals surface area (Å²) in [7, 11) is 0. The van der Waals surface area contributed by atoms with Crippen molar-refractivity contribution in [1.29, 1.82) is 0 Å². The summed E-state index contributed by atoms with van der Waals surface area (Å²) in [5, 5.41) is 76.4. The van der Waals surface area contributed by atoms with Crippen molar-refractivity contribution in [1.82, 2.24) is 5.32 Å². The fourth-order valence-corrected chi connectivity index (χ4v) is 10.9. The van der Waals surface area contributed by atoms with E-state index in [1.54, 1.807) is 0 Å². The Kier molecular flexibility index (Phi) is 52.7. The molecular weight excluding hydrogens is 967 g/mol. The molecule has 9 unspecified atom stereocenters. The van der Waals surface area contributed by atoms with Crippen LogP contribution in [0.2, 0.25) is 0 Å². The summed E-state index contributed by atoms with van der Waals surface area (Å²) in [6.07, 6.45) is 56.8. The van der Waals surface area contributed by atoms with Crippen LogP contribution in [-0.2, 0) is 14.3 Å². The van der Waals surface area contributed by atoms with Crippen molar-refractivity contribution in [2.75, 3.05) is 13.2 Å². The number of unbranched alkanes of at least 4 members (excludes halogenated alkanes) is 42. The molecule has 1 heterocycles. The maximum Gasteiger partial charge on any atom is 0.249 e. The highest BCUT2D eigenvalue weighted by Crippen LogP contribution is 2.24. The number of aliphatic hydroxyl groups is 7. The lowest BCUT2D eigenvalue weighted by atomic mass is 9.98. The first kappa shape index (κ1) is 73.6. The number of allylic oxidation sites excluding steroid dienone is 4. The van der Waals surface area contributed by atoms with Crippen LogP contribution in [0.1, 0.15) is 322 Å². The molecule has 0 saturated carbocycles. The Morgan fingerprint density at radius 2 is 0.766 bits per heavy atom. The number of rotatable bonds is 58. The minimum absolute atomic E-state index is 0.256. The highest BCUT2D eigenvalue weighted by atomic mass is 16.7. The molecule has 0 radical (unpaired) electrons. The lowest BCUT2D eigenvalue weighted by Gasteiger charge is -2.40. The summed E-state index contributed by atoms with van der Waals surface area (Å²) in [6.45, 7) is 3.49. The summed E-state index contributed by atoms with van der Waals surface area (Å²) in [5.74, 6) is -0.701. The third-order valence-corrected chi connectivity index (χ3v) is 16.2. The van der Waals surface area contributed by atoms with Crippen LogP contribution in [0.25, 0.3) is 0 Å². The van der Waals surface area contributed by atoms with Crippen LogP contribution in [0.15, 0.2) is 24.3 Å². The molecule has 77 heavy (non-hydrogen) atoms. The molecule has 0 aliphatic carbocycles. The number of hydrogen-bond donors (Lipinski definition) is 8. The molecule has 11 heteroatoms. The molecule has 9 atom stereocenters. The minimum Gasteiger partial charge on any atom is -0.394 e. The van der Waals surface area contributed by atoms with Crippen LogP contribution < -0.4 is 5.32 Å². The van der Waals surface area contributed by atoms with Gasteiger partial charge in [0.2, 0.25) is 5.91 Å². The SMILES string of the molecule is CCCCCCCCCCCCCC/C=C\CCCCCCCCCCCCCCC(O)C(=O)NC(COC1OC(CO)C(O)C(O)C1O)C(O)C(O)CCC/C=C/CCCCCCCCCCCCCCCCCCC. The van der Waals surface area contributed by atoms with Gasteiger partial charge in [0, 0.05) is 0 Å². The summed E-state index contributed by atoms with van der Waals surface area (Å²) in [5.41, 5.74) is 0. The number of amides is 1. The third kappa shape index (κ3) is 43.0. The molecule has 0 aromatic heterocycles. The first-order valence-electron chi connectivity index (χ1n) is 33.2. The van der Waals surface area contributed by atoms with E-state index in [0.717, 1.165) is 38.5 Å². The highest BCUT2D eigenvalue weighted by Gasteiger charge is 2.44. The van der Waals surface area contributed by atoms with E-state index in [1.165, 1.54) is 244 Å². The fourth-order valence-electron chi connectivity index (χ4n) is 10.9. The van der Waals surface area contributed by atoms with Gasteiger partial charge in [-0.05, 0) is 64.2 Å². The zero-order chi connectivity index (χ0) is 56.1. The number of aliphatic hydroxyl groups excluding tert-OH is 7. The van der Waals surface area contributed by atoms with E-state index in [9.17, 15) is 40.5 Å². The van der Waals surface area contributed by atoms with Crippen LogP contribution in [-0.4, -0.2) is 110 Å². The van der Waals surface area contributed by atoms with Crippen molar-refractivity contribution in [3.8, 4) is 0 Å². The molecule has 11 nitrogen and oxygen atoms in total. The summed E-state index contributed by atoms with van der Waals surface area (Å²) < 4.78 is 11.2. The van der Waals surface area contributed by atoms with Gasteiger partial charge in [-0.25, -0.2) is 0 Å². The van der Waals surface area contributed by atoms with Crippen molar-refractivity contribution in [3.05, 3.63) is 24.3 Å². The molecule has 1 aliphatic heterocycles. The average Bonchev–Trinajstić information content (AvgIpc) is 3.43. The van der Waals surface area contributed by atoms with E-state index in [-0.39, 0.29) is 12.8 Å². The topological polar surface area (TPSA) is 189 Å². The standard InChI is InChI=1S/C66H127NO10/c1-3-5-7-9-11-13-15-17-19-21-23-25-27-28-29-30-31-32-34-36-38-40-42-44-46-48-50-52-54-59(70)65(75)67-57(56-76-66-64(74)63(73)62(72)60(55-68)77-66)61(71)58(69)53-51-49-47-45-43-41-39-37-35-33-26-24-22-20-18-16-14-12-10-8-6-4-2/h28-29,45,47,57-64,66,68-74H,3-27,30-44,46,48-56H2,1-2H3,(H,67,75)/b29-28-,47-45+.